The molecule has 1 amide bonds. The monoisotopic (exact) mass is 337 g/mol. The number of likely N-dealkylation sites (N-methyl/N-ethyl adjacent to an activating group) is 1. The fourth-order valence-electron chi connectivity index (χ4n) is 3.50. The maximum absolute atomic E-state index is 12.8. The maximum Gasteiger partial charge on any atom is 0.317 e. The zero-order valence-electron chi connectivity index (χ0n) is 14.5. The van der Waals surface area contributed by atoms with Crippen LogP contribution in [0.5, 0.6) is 0 Å². The van der Waals surface area contributed by atoms with E-state index in [2.05, 4.69) is 0 Å². The molecule has 3 rings (SSSR count). The van der Waals surface area contributed by atoms with E-state index in [4.69, 9.17) is 4.74 Å². The van der Waals surface area contributed by atoms with E-state index in [0.717, 1.165) is 36.9 Å². The fraction of sp³-hybridized carbons (Fsp3) is 0.333. The van der Waals surface area contributed by atoms with Crippen LogP contribution in [0.3, 0.4) is 0 Å². The minimum atomic E-state index is -0.604. The number of ether oxygens (including phenoxy) is 1. The van der Waals surface area contributed by atoms with Crippen LogP contribution in [-0.4, -0.2) is 25.5 Å². The van der Waals surface area contributed by atoms with Gasteiger partial charge in [0.05, 0.1) is 5.41 Å². The molecule has 1 aliphatic carbocycles. The number of rotatable bonds is 5. The summed E-state index contributed by atoms with van der Waals surface area (Å²) in [5.74, 6) is -0.522. The van der Waals surface area contributed by atoms with Gasteiger partial charge in [0.15, 0.2) is 6.61 Å². The lowest BCUT2D eigenvalue weighted by atomic mass is 9.79. The molecule has 0 atom stereocenters. The van der Waals surface area contributed by atoms with E-state index >= 15 is 0 Å². The molecular weight excluding hydrogens is 314 g/mol. The van der Waals surface area contributed by atoms with Crippen molar-refractivity contribution < 1.29 is 14.3 Å². The molecule has 0 radical (unpaired) electrons. The van der Waals surface area contributed by atoms with Crippen LogP contribution < -0.4 is 4.90 Å². The molecule has 0 heterocycles. The molecule has 0 saturated heterocycles. The van der Waals surface area contributed by atoms with Gasteiger partial charge in [-0.15, -0.1) is 0 Å². The molecule has 4 heteroatoms. The molecule has 0 bridgehead atoms. The molecule has 4 nitrogen and oxygen atoms in total. The first-order chi connectivity index (χ1) is 12.1. The number of nitrogens with zero attached hydrogens (tertiary/aromatic N) is 1. The Labute approximate surface area is 148 Å². The lowest BCUT2D eigenvalue weighted by Crippen LogP contribution is -2.38. The van der Waals surface area contributed by atoms with Crippen LogP contribution in [-0.2, 0) is 19.7 Å². The highest BCUT2D eigenvalue weighted by atomic mass is 16.5. The van der Waals surface area contributed by atoms with Gasteiger partial charge >= 0.3 is 5.97 Å². The highest BCUT2D eigenvalue weighted by molar-refractivity contribution is 5.95. The number of esters is 1. The number of anilines is 1. The van der Waals surface area contributed by atoms with E-state index in [1.165, 1.54) is 4.90 Å². The minimum Gasteiger partial charge on any atom is -0.455 e. The van der Waals surface area contributed by atoms with Crippen molar-refractivity contribution in [2.45, 2.75) is 31.1 Å². The van der Waals surface area contributed by atoms with Gasteiger partial charge in [0.25, 0.3) is 5.91 Å². The van der Waals surface area contributed by atoms with Crippen molar-refractivity contribution in [2.75, 3.05) is 18.6 Å². The van der Waals surface area contributed by atoms with Gasteiger partial charge in [-0.25, -0.2) is 0 Å². The Bertz CT molecular complexity index is 721. The lowest BCUT2D eigenvalue weighted by molar-refractivity contribution is -0.153. The highest BCUT2D eigenvalue weighted by Crippen LogP contribution is 2.42. The highest BCUT2D eigenvalue weighted by Gasteiger charge is 2.44. The van der Waals surface area contributed by atoms with Crippen LogP contribution in [0.1, 0.15) is 31.2 Å². The molecule has 1 fully saturated rings. The Kier molecular flexibility index (Phi) is 5.17. The number of carbonyl (C=O) groups is 2. The van der Waals surface area contributed by atoms with Crippen molar-refractivity contribution in [2.24, 2.45) is 0 Å². The summed E-state index contributed by atoms with van der Waals surface area (Å²) in [7, 11) is 1.69. The Morgan fingerprint density at radius 2 is 1.52 bits per heavy atom. The molecule has 0 unspecified atom stereocenters. The normalized spacial score (nSPS) is 15.6. The molecule has 1 saturated carbocycles. The lowest BCUT2D eigenvalue weighted by Gasteiger charge is -2.27. The van der Waals surface area contributed by atoms with Gasteiger partial charge in [-0.05, 0) is 30.5 Å². The molecule has 0 N–H and O–H groups in total. The summed E-state index contributed by atoms with van der Waals surface area (Å²) in [5, 5.41) is 0. The molecule has 0 aliphatic heterocycles. The largest absolute Gasteiger partial charge is 0.455 e. The first-order valence-corrected chi connectivity index (χ1v) is 8.68. The number of carbonyl (C=O) groups excluding carboxylic acids is 2. The average molecular weight is 337 g/mol. The smallest absolute Gasteiger partial charge is 0.317 e. The number of hydrogen-bond acceptors (Lipinski definition) is 3. The van der Waals surface area contributed by atoms with Crippen molar-refractivity contribution in [1.82, 2.24) is 0 Å². The van der Waals surface area contributed by atoms with Crippen LogP contribution in [0.15, 0.2) is 60.7 Å². The zero-order chi connectivity index (χ0) is 17.7. The Hall–Kier alpha value is -2.62. The van der Waals surface area contributed by atoms with Crippen LogP contribution in [0, 0.1) is 0 Å². The molecule has 0 aromatic heterocycles. The first-order valence-electron chi connectivity index (χ1n) is 8.68. The van der Waals surface area contributed by atoms with Crippen LogP contribution in [0.2, 0.25) is 0 Å². The molecule has 25 heavy (non-hydrogen) atoms. The summed E-state index contributed by atoms with van der Waals surface area (Å²) in [6.45, 7) is -0.237. The minimum absolute atomic E-state index is 0.235. The summed E-state index contributed by atoms with van der Waals surface area (Å²) in [5.41, 5.74) is 1.16. The zero-order valence-corrected chi connectivity index (χ0v) is 14.5. The number of benzene rings is 2. The van der Waals surface area contributed by atoms with E-state index in [1.54, 1.807) is 7.05 Å². The van der Waals surface area contributed by atoms with E-state index < -0.39 is 5.41 Å². The van der Waals surface area contributed by atoms with E-state index in [0.29, 0.717) is 0 Å². The summed E-state index contributed by atoms with van der Waals surface area (Å²) < 4.78 is 5.46. The molecule has 2 aromatic rings. The van der Waals surface area contributed by atoms with Gasteiger partial charge in [0.2, 0.25) is 0 Å². The summed E-state index contributed by atoms with van der Waals surface area (Å²) in [4.78, 5) is 26.7. The third-order valence-corrected chi connectivity index (χ3v) is 5.02. The summed E-state index contributed by atoms with van der Waals surface area (Å²) in [6.07, 6.45) is 3.56. The number of hydrogen-bond donors (Lipinski definition) is 0. The SMILES string of the molecule is CN(C(=O)COC(=O)C1(c2ccccc2)CCCC1)c1ccccc1. The number of para-hydroxylation sites is 1. The van der Waals surface area contributed by atoms with Crippen molar-refractivity contribution in [3.05, 3.63) is 66.2 Å². The topological polar surface area (TPSA) is 46.6 Å². The second-order valence-electron chi connectivity index (χ2n) is 6.52. The Morgan fingerprint density at radius 1 is 0.960 bits per heavy atom. The van der Waals surface area contributed by atoms with Gasteiger partial charge in [0, 0.05) is 12.7 Å². The molecule has 130 valence electrons. The third-order valence-electron chi connectivity index (χ3n) is 5.02. The van der Waals surface area contributed by atoms with Crippen molar-refractivity contribution in [1.29, 1.82) is 0 Å². The van der Waals surface area contributed by atoms with Gasteiger partial charge < -0.3 is 9.64 Å². The molecule has 1 aliphatic rings. The first kappa shape index (κ1) is 17.2. The quantitative estimate of drug-likeness (QED) is 0.782. The van der Waals surface area contributed by atoms with Gasteiger partial charge in [0.1, 0.15) is 0 Å². The Balaban J connectivity index is 1.68. The number of amides is 1. The van der Waals surface area contributed by atoms with Crippen LogP contribution in [0.25, 0.3) is 0 Å². The average Bonchev–Trinajstić information content (AvgIpc) is 3.18. The Morgan fingerprint density at radius 3 is 2.12 bits per heavy atom. The van der Waals surface area contributed by atoms with Gasteiger partial charge in [-0.2, -0.15) is 0 Å². The third kappa shape index (κ3) is 3.58. The fourth-order valence-corrected chi connectivity index (χ4v) is 3.50. The molecule has 0 spiro atoms. The van der Waals surface area contributed by atoms with E-state index in [1.807, 2.05) is 60.7 Å². The molecule has 2 aromatic carbocycles. The predicted octanol–water partition coefficient (Wildman–Crippen LogP) is 3.70. The second kappa shape index (κ2) is 7.51. The van der Waals surface area contributed by atoms with Crippen molar-refractivity contribution in [3.8, 4) is 0 Å². The van der Waals surface area contributed by atoms with Gasteiger partial charge in [-0.3, -0.25) is 9.59 Å². The van der Waals surface area contributed by atoms with Crippen molar-refractivity contribution in [3.63, 3.8) is 0 Å². The van der Waals surface area contributed by atoms with E-state index in [-0.39, 0.29) is 18.5 Å². The standard InChI is InChI=1S/C21H23NO3/c1-22(18-12-6-3-7-13-18)19(23)16-25-20(24)21(14-8-9-15-21)17-10-4-2-5-11-17/h2-7,10-13H,8-9,14-16H2,1H3. The predicted molar refractivity (Wildman–Crippen MR) is 97.4 cm³/mol. The molecular formula is C21H23NO3. The van der Waals surface area contributed by atoms with Gasteiger partial charge in [-0.1, -0.05) is 61.4 Å². The second-order valence-corrected chi connectivity index (χ2v) is 6.52. The summed E-state index contributed by atoms with van der Waals surface area (Å²) >= 11 is 0. The maximum atomic E-state index is 12.8. The van der Waals surface area contributed by atoms with Crippen molar-refractivity contribution >= 4 is 17.6 Å². The van der Waals surface area contributed by atoms with E-state index in [9.17, 15) is 9.59 Å². The van der Waals surface area contributed by atoms with Crippen LogP contribution >= 0.6 is 0 Å². The summed E-state index contributed by atoms with van der Waals surface area (Å²) in [6, 6.07) is 19.1. The van der Waals surface area contributed by atoms with Crippen LogP contribution in [0.4, 0.5) is 5.69 Å².